The number of ether oxygens (including phenoxy) is 1. The van der Waals surface area contributed by atoms with Crippen molar-refractivity contribution >= 4 is 17.3 Å². The van der Waals surface area contributed by atoms with Crippen LogP contribution >= 0.6 is 0 Å². The smallest absolute Gasteiger partial charge is 0.338 e. The van der Waals surface area contributed by atoms with Crippen molar-refractivity contribution < 1.29 is 19.4 Å². The zero-order chi connectivity index (χ0) is 18.3. The Kier molecular flexibility index (Phi) is 2.79. The number of non-ortho nitro benzene ring substituents is 2. The van der Waals surface area contributed by atoms with Gasteiger partial charge in [-0.05, 0) is 37.0 Å². The van der Waals surface area contributed by atoms with E-state index in [0.29, 0.717) is 0 Å². The van der Waals surface area contributed by atoms with Gasteiger partial charge in [0.2, 0.25) is 0 Å². The van der Waals surface area contributed by atoms with Gasteiger partial charge in [0, 0.05) is 23.5 Å². The number of benzene rings is 1. The SMILES string of the molecule is O=C(OC1C2C=CC13CCC1CC13C2)c1cc([N+](=O)[O-])cc([N+](=O)[O-])c1. The summed E-state index contributed by atoms with van der Waals surface area (Å²) in [5, 5.41) is 22.1. The third kappa shape index (κ3) is 1.76. The van der Waals surface area contributed by atoms with Crippen molar-refractivity contribution in [1.29, 1.82) is 0 Å². The Morgan fingerprint density at radius 3 is 2.42 bits per heavy atom. The number of nitro groups is 2. The number of hydrogen-bond acceptors (Lipinski definition) is 6. The number of hydrogen-bond donors (Lipinski definition) is 0. The van der Waals surface area contributed by atoms with Gasteiger partial charge in [0.25, 0.3) is 11.4 Å². The summed E-state index contributed by atoms with van der Waals surface area (Å²) in [5.74, 6) is 0.173. The predicted octanol–water partition coefficient (Wildman–Crippen LogP) is 3.40. The average molecular weight is 356 g/mol. The molecular formula is C18H16N2O6. The summed E-state index contributed by atoms with van der Waals surface area (Å²) in [6.45, 7) is 0. The zero-order valence-corrected chi connectivity index (χ0v) is 13.8. The molecule has 0 aromatic heterocycles. The lowest BCUT2D eigenvalue weighted by Crippen LogP contribution is -2.35. The standard InChI is InChI=1S/C18H16N2O6/c21-16(11-5-13(19(22)23)7-14(6-11)20(24)25)26-15-10-1-3-17(15)4-2-12-9-18(12,17)8-10/h1,3,5-7,10,12,15H,2,4,8-9H2. The van der Waals surface area contributed by atoms with Crippen molar-refractivity contribution in [3.63, 3.8) is 0 Å². The Hall–Kier alpha value is -2.77. The molecule has 0 aliphatic heterocycles. The van der Waals surface area contributed by atoms with Gasteiger partial charge in [-0.25, -0.2) is 4.79 Å². The molecule has 5 unspecified atom stereocenters. The molecule has 0 amide bonds. The first-order valence-corrected chi connectivity index (χ1v) is 8.70. The zero-order valence-electron chi connectivity index (χ0n) is 13.8. The van der Waals surface area contributed by atoms with Crippen LogP contribution in [0.2, 0.25) is 0 Å². The predicted molar refractivity (Wildman–Crippen MR) is 88.4 cm³/mol. The highest BCUT2D eigenvalue weighted by Crippen LogP contribution is 2.82. The molecule has 4 aliphatic carbocycles. The maximum absolute atomic E-state index is 12.7. The number of fused-ring (bicyclic) bond motifs is 1. The van der Waals surface area contributed by atoms with E-state index in [1.807, 2.05) is 0 Å². The van der Waals surface area contributed by atoms with E-state index in [2.05, 4.69) is 12.2 Å². The monoisotopic (exact) mass is 356 g/mol. The van der Waals surface area contributed by atoms with Crippen LogP contribution in [-0.2, 0) is 4.74 Å². The topological polar surface area (TPSA) is 113 Å². The molecule has 0 saturated heterocycles. The Morgan fingerprint density at radius 2 is 1.81 bits per heavy atom. The Morgan fingerprint density at radius 1 is 1.12 bits per heavy atom. The first-order valence-electron chi connectivity index (χ1n) is 8.70. The molecule has 1 aromatic carbocycles. The maximum atomic E-state index is 12.7. The molecule has 1 aromatic rings. The number of nitro benzene ring substituents is 2. The highest BCUT2D eigenvalue weighted by Gasteiger charge is 2.78. The van der Waals surface area contributed by atoms with E-state index in [0.717, 1.165) is 43.4 Å². The van der Waals surface area contributed by atoms with Gasteiger partial charge in [0.05, 0.1) is 21.5 Å². The summed E-state index contributed by atoms with van der Waals surface area (Å²) in [7, 11) is 0. The fourth-order valence-electron chi connectivity index (χ4n) is 5.87. The molecule has 3 saturated carbocycles. The fraction of sp³-hybridized carbons (Fsp3) is 0.500. The van der Waals surface area contributed by atoms with Gasteiger partial charge < -0.3 is 4.74 Å². The Bertz CT molecular complexity index is 879. The van der Waals surface area contributed by atoms with Gasteiger partial charge in [0.15, 0.2) is 0 Å². The van der Waals surface area contributed by atoms with E-state index in [1.165, 1.54) is 6.42 Å². The van der Waals surface area contributed by atoms with Crippen molar-refractivity contribution in [2.45, 2.75) is 31.8 Å². The fourth-order valence-corrected chi connectivity index (χ4v) is 5.87. The quantitative estimate of drug-likeness (QED) is 0.354. The number of nitrogens with zero attached hydrogens (tertiary/aromatic N) is 2. The molecule has 4 aliphatic rings. The number of rotatable bonds is 4. The van der Waals surface area contributed by atoms with Crippen molar-refractivity contribution in [2.24, 2.45) is 22.7 Å². The average Bonchev–Trinajstić information content (AvgIpc) is 2.94. The Labute approximate surface area is 148 Å². The second-order valence-electron chi connectivity index (χ2n) is 7.94. The van der Waals surface area contributed by atoms with Crippen molar-refractivity contribution in [1.82, 2.24) is 0 Å². The minimum Gasteiger partial charge on any atom is -0.457 e. The largest absolute Gasteiger partial charge is 0.457 e. The molecule has 0 N–H and O–H groups in total. The van der Waals surface area contributed by atoms with Gasteiger partial charge in [-0.2, -0.15) is 0 Å². The van der Waals surface area contributed by atoms with E-state index in [9.17, 15) is 25.0 Å². The van der Waals surface area contributed by atoms with Crippen LogP contribution in [0.25, 0.3) is 0 Å². The molecule has 5 rings (SSSR count). The Balaban J connectivity index is 1.45. The van der Waals surface area contributed by atoms with Crippen LogP contribution in [0.4, 0.5) is 11.4 Å². The van der Waals surface area contributed by atoms with E-state index < -0.39 is 27.2 Å². The molecule has 0 heterocycles. The minimum atomic E-state index is -0.746. The highest BCUT2D eigenvalue weighted by molar-refractivity contribution is 5.91. The highest BCUT2D eigenvalue weighted by atomic mass is 16.6. The summed E-state index contributed by atoms with van der Waals surface area (Å²) < 4.78 is 5.80. The molecular weight excluding hydrogens is 340 g/mol. The van der Waals surface area contributed by atoms with Crippen LogP contribution in [-0.4, -0.2) is 21.9 Å². The summed E-state index contributed by atoms with van der Waals surface area (Å²) in [6, 6.07) is 2.93. The van der Waals surface area contributed by atoms with E-state index in [1.54, 1.807) is 0 Å². The number of esters is 1. The molecule has 2 spiro atoms. The first kappa shape index (κ1) is 15.5. The van der Waals surface area contributed by atoms with Gasteiger partial charge >= 0.3 is 5.97 Å². The second kappa shape index (κ2) is 4.69. The van der Waals surface area contributed by atoms with Crippen molar-refractivity contribution in [3.05, 3.63) is 56.1 Å². The van der Waals surface area contributed by atoms with Gasteiger partial charge in [-0.15, -0.1) is 0 Å². The lowest BCUT2D eigenvalue weighted by Gasteiger charge is -2.33. The lowest BCUT2D eigenvalue weighted by molar-refractivity contribution is -0.394. The molecule has 0 radical (unpaired) electrons. The molecule has 3 fully saturated rings. The van der Waals surface area contributed by atoms with E-state index in [4.69, 9.17) is 4.74 Å². The summed E-state index contributed by atoms with van der Waals surface area (Å²) in [5.41, 5.74) is -0.961. The lowest BCUT2D eigenvalue weighted by atomic mass is 9.75. The molecule has 8 nitrogen and oxygen atoms in total. The third-order valence-electron chi connectivity index (χ3n) is 7.00. The van der Waals surface area contributed by atoms with Crippen molar-refractivity contribution in [3.8, 4) is 0 Å². The summed E-state index contributed by atoms with van der Waals surface area (Å²) in [4.78, 5) is 33.2. The molecule has 2 bridgehead atoms. The van der Waals surface area contributed by atoms with E-state index in [-0.39, 0.29) is 28.4 Å². The van der Waals surface area contributed by atoms with Crippen LogP contribution in [0.3, 0.4) is 0 Å². The maximum Gasteiger partial charge on any atom is 0.338 e. The number of carbonyl (C=O) groups is 1. The van der Waals surface area contributed by atoms with Gasteiger partial charge in [0.1, 0.15) is 6.10 Å². The number of carbonyl (C=O) groups excluding carboxylic acids is 1. The molecule has 26 heavy (non-hydrogen) atoms. The van der Waals surface area contributed by atoms with Crippen LogP contribution in [0.5, 0.6) is 0 Å². The minimum absolute atomic E-state index is 0.107. The molecule has 8 heteroatoms. The van der Waals surface area contributed by atoms with Crippen LogP contribution in [0.15, 0.2) is 30.4 Å². The van der Waals surface area contributed by atoms with E-state index >= 15 is 0 Å². The first-order chi connectivity index (χ1) is 12.4. The molecule has 5 atom stereocenters. The summed E-state index contributed by atoms with van der Waals surface area (Å²) in [6.07, 6.45) is 8.43. The summed E-state index contributed by atoms with van der Waals surface area (Å²) >= 11 is 0. The van der Waals surface area contributed by atoms with Crippen LogP contribution in [0, 0.1) is 42.9 Å². The third-order valence-corrected chi connectivity index (χ3v) is 7.00. The normalized spacial score (nSPS) is 37.9. The van der Waals surface area contributed by atoms with Crippen LogP contribution < -0.4 is 0 Å². The van der Waals surface area contributed by atoms with Gasteiger partial charge in [-0.3, -0.25) is 20.2 Å². The van der Waals surface area contributed by atoms with Crippen LogP contribution in [0.1, 0.15) is 36.0 Å². The van der Waals surface area contributed by atoms with Crippen molar-refractivity contribution in [2.75, 3.05) is 0 Å². The molecule has 134 valence electrons. The second-order valence-corrected chi connectivity index (χ2v) is 7.94. The van der Waals surface area contributed by atoms with Gasteiger partial charge in [-0.1, -0.05) is 12.2 Å².